The third-order valence-corrected chi connectivity index (χ3v) is 2.85. The maximum absolute atomic E-state index is 11.8. The van der Waals surface area contributed by atoms with E-state index in [0.717, 1.165) is 5.56 Å². The number of aryl methyl sites for hydroxylation is 1. The largest absolute Gasteiger partial charge is 0.399 e. The van der Waals surface area contributed by atoms with E-state index in [4.69, 9.17) is 17.3 Å². The molecule has 0 aliphatic carbocycles. The van der Waals surface area contributed by atoms with Gasteiger partial charge in [-0.3, -0.25) is 0 Å². The van der Waals surface area contributed by atoms with E-state index in [9.17, 15) is 4.79 Å². The average molecular weight is 276 g/mol. The summed E-state index contributed by atoms with van der Waals surface area (Å²) < 4.78 is 0. The average Bonchev–Trinajstić information content (AvgIpc) is 2.34. The van der Waals surface area contributed by atoms with Gasteiger partial charge in [0, 0.05) is 22.1 Å². The molecular weight excluding hydrogens is 262 g/mol. The van der Waals surface area contributed by atoms with Crippen LogP contribution in [0.15, 0.2) is 42.5 Å². The molecule has 0 saturated carbocycles. The lowest BCUT2D eigenvalue weighted by Gasteiger charge is -2.09. The Morgan fingerprint density at radius 1 is 1.11 bits per heavy atom. The first-order valence-electron chi connectivity index (χ1n) is 5.74. The van der Waals surface area contributed by atoms with E-state index in [1.54, 1.807) is 36.4 Å². The van der Waals surface area contributed by atoms with Gasteiger partial charge in [0.25, 0.3) is 0 Å². The Balaban J connectivity index is 2.03. The van der Waals surface area contributed by atoms with Gasteiger partial charge in [0.05, 0.1) is 0 Å². The number of hydrogen-bond donors (Lipinski definition) is 3. The summed E-state index contributed by atoms with van der Waals surface area (Å²) in [5.74, 6) is 0. The van der Waals surface area contributed by atoms with E-state index in [1.807, 2.05) is 13.0 Å². The quantitative estimate of drug-likeness (QED) is 0.728. The van der Waals surface area contributed by atoms with Crippen molar-refractivity contribution in [3.8, 4) is 0 Å². The van der Waals surface area contributed by atoms with Crippen molar-refractivity contribution in [1.82, 2.24) is 0 Å². The van der Waals surface area contributed by atoms with Crippen LogP contribution in [0.2, 0.25) is 5.02 Å². The van der Waals surface area contributed by atoms with Crippen LogP contribution in [0.25, 0.3) is 0 Å². The van der Waals surface area contributed by atoms with Gasteiger partial charge in [-0.25, -0.2) is 4.79 Å². The van der Waals surface area contributed by atoms with Crippen LogP contribution in [0.4, 0.5) is 21.9 Å². The summed E-state index contributed by atoms with van der Waals surface area (Å²) >= 11 is 5.84. The second-order valence-electron chi connectivity index (χ2n) is 4.16. The molecule has 0 aliphatic heterocycles. The summed E-state index contributed by atoms with van der Waals surface area (Å²) in [6.45, 7) is 1.88. The predicted molar refractivity (Wildman–Crippen MR) is 79.7 cm³/mol. The smallest absolute Gasteiger partial charge is 0.323 e. The van der Waals surface area contributed by atoms with Gasteiger partial charge in [-0.15, -0.1) is 0 Å². The Labute approximate surface area is 116 Å². The summed E-state index contributed by atoms with van der Waals surface area (Å²) in [6, 6.07) is 11.9. The number of nitrogens with two attached hydrogens (primary N) is 1. The molecule has 0 fully saturated rings. The number of carbonyl (C=O) groups is 1. The lowest BCUT2D eigenvalue weighted by Crippen LogP contribution is -2.19. The molecule has 2 aromatic rings. The number of urea groups is 1. The molecule has 19 heavy (non-hydrogen) atoms. The number of rotatable bonds is 2. The zero-order valence-electron chi connectivity index (χ0n) is 10.4. The molecule has 98 valence electrons. The van der Waals surface area contributed by atoms with Crippen LogP contribution in [0.5, 0.6) is 0 Å². The SMILES string of the molecule is Cc1cc(NC(=O)Nc2cccc(Cl)c2)ccc1N. The minimum atomic E-state index is -0.327. The van der Waals surface area contributed by atoms with Crippen molar-refractivity contribution >= 4 is 34.7 Å². The second-order valence-corrected chi connectivity index (χ2v) is 4.60. The molecule has 2 aromatic carbocycles. The van der Waals surface area contributed by atoms with Gasteiger partial charge < -0.3 is 16.4 Å². The normalized spacial score (nSPS) is 10.0. The van der Waals surface area contributed by atoms with Crippen molar-refractivity contribution in [3.05, 3.63) is 53.1 Å². The summed E-state index contributed by atoms with van der Waals surface area (Å²) in [4.78, 5) is 11.8. The highest BCUT2D eigenvalue weighted by Crippen LogP contribution is 2.18. The Bertz CT molecular complexity index is 613. The Kier molecular flexibility index (Phi) is 3.92. The highest BCUT2D eigenvalue weighted by Gasteiger charge is 2.04. The standard InChI is InChI=1S/C14H14ClN3O/c1-9-7-12(5-6-13(9)16)18-14(19)17-11-4-2-3-10(15)8-11/h2-8H,16H2,1H3,(H2,17,18,19). The van der Waals surface area contributed by atoms with Gasteiger partial charge in [0.1, 0.15) is 0 Å². The van der Waals surface area contributed by atoms with Crippen molar-refractivity contribution in [2.24, 2.45) is 0 Å². The number of nitrogens with one attached hydrogen (secondary N) is 2. The van der Waals surface area contributed by atoms with Gasteiger partial charge in [0.2, 0.25) is 0 Å². The number of anilines is 3. The number of halogens is 1. The van der Waals surface area contributed by atoms with E-state index in [2.05, 4.69) is 10.6 Å². The molecule has 5 heteroatoms. The van der Waals surface area contributed by atoms with E-state index >= 15 is 0 Å². The lowest BCUT2D eigenvalue weighted by atomic mass is 10.2. The van der Waals surface area contributed by atoms with Gasteiger partial charge in [-0.1, -0.05) is 17.7 Å². The molecule has 2 amide bonds. The third kappa shape index (κ3) is 3.63. The van der Waals surface area contributed by atoms with Crippen LogP contribution in [-0.2, 0) is 0 Å². The minimum absolute atomic E-state index is 0.327. The van der Waals surface area contributed by atoms with Crippen LogP contribution >= 0.6 is 11.6 Å². The van der Waals surface area contributed by atoms with Crippen molar-refractivity contribution in [3.63, 3.8) is 0 Å². The minimum Gasteiger partial charge on any atom is -0.399 e. The van der Waals surface area contributed by atoms with Crippen molar-refractivity contribution in [1.29, 1.82) is 0 Å². The van der Waals surface area contributed by atoms with E-state index < -0.39 is 0 Å². The first-order chi connectivity index (χ1) is 9.04. The van der Waals surface area contributed by atoms with E-state index in [1.165, 1.54) is 0 Å². The fourth-order valence-corrected chi connectivity index (χ4v) is 1.80. The van der Waals surface area contributed by atoms with E-state index in [-0.39, 0.29) is 6.03 Å². The Morgan fingerprint density at radius 3 is 2.42 bits per heavy atom. The molecule has 4 N–H and O–H groups in total. The molecule has 2 rings (SSSR count). The third-order valence-electron chi connectivity index (χ3n) is 2.61. The van der Waals surface area contributed by atoms with E-state index in [0.29, 0.717) is 22.1 Å². The summed E-state index contributed by atoms with van der Waals surface area (Å²) in [6.07, 6.45) is 0. The summed E-state index contributed by atoms with van der Waals surface area (Å²) in [7, 11) is 0. The Morgan fingerprint density at radius 2 is 1.79 bits per heavy atom. The molecular formula is C14H14ClN3O. The summed E-state index contributed by atoms with van der Waals surface area (Å²) in [5.41, 5.74) is 8.65. The fourth-order valence-electron chi connectivity index (χ4n) is 1.61. The predicted octanol–water partition coefficient (Wildman–Crippen LogP) is 3.87. The second kappa shape index (κ2) is 5.63. The van der Waals surface area contributed by atoms with Crippen LogP contribution in [0.1, 0.15) is 5.56 Å². The molecule has 4 nitrogen and oxygen atoms in total. The molecule has 0 atom stereocenters. The monoisotopic (exact) mass is 275 g/mol. The van der Waals surface area contributed by atoms with Gasteiger partial charge in [0.15, 0.2) is 0 Å². The molecule has 0 bridgehead atoms. The van der Waals surface area contributed by atoms with Crippen LogP contribution in [0, 0.1) is 6.92 Å². The molecule has 0 heterocycles. The Hall–Kier alpha value is -2.20. The molecule has 0 unspecified atom stereocenters. The number of nitrogen functional groups attached to an aromatic ring is 1. The summed E-state index contributed by atoms with van der Waals surface area (Å²) in [5, 5.41) is 6.00. The lowest BCUT2D eigenvalue weighted by molar-refractivity contribution is 0.262. The zero-order chi connectivity index (χ0) is 13.8. The van der Waals surface area contributed by atoms with Crippen molar-refractivity contribution < 1.29 is 4.79 Å². The molecule has 0 aliphatic rings. The highest BCUT2D eigenvalue weighted by molar-refractivity contribution is 6.30. The fraction of sp³-hybridized carbons (Fsp3) is 0.0714. The topological polar surface area (TPSA) is 67.2 Å². The zero-order valence-corrected chi connectivity index (χ0v) is 11.2. The number of hydrogen-bond acceptors (Lipinski definition) is 2. The number of carbonyl (C=O) groups excluding carboxylic acids is 1. The molecule has 0 aromatic heterocycles. The maximum Gasteiger partial charge on any atom is 0.323 e. The van der Waals surface area contributed by atoms with Gasteiger partial charge >= 0.3 is 6.03 Å². The van der Waals surface area contributed by atoms with Crippen LogP contribution < -0.4 is 16.4 Å². The van der Waals surface area contributed by atoms with Gasteiger partial charge in [-0.05, 0) is 48.9 Å². The van der Waals surface area contributed by atoms with Crippen molar-refractivity contribution in [2.75, 3.05) is 16.4 Å². The van der Waals surface area contributed by atoms with Gasteiger partial charge in [-0.2, -0.15) is 0 Å². The van der Waals surface area contributed by atoms with Crippen molar-refractivity contribution in [2.45, 2.75) is 6.92 Å². The molecule has 0 radical (unpaired) electrons. The molecule has 0 saturated heterocycles. The number of benzene rings is 2. The highest BCUT2D eigenvalue weighted by atomic mass is 35.5. The van der Waals surface area contributed by atoms with Crippen LogP contribution in [0.3, 0.4) is 0 Å². The first-order valence-corrected chi connectivity index (χ1v) is 6.12. The van der Waals surface area contributed by atoms with Crippen LogP contribution in [-0.4, -0.2) is 6.03 Å². The maximum atomic E-state index is 11.8. The first kappa shape index (κ1) is 13.2. The molecule has 0 spiro atoms. The number of amides is 2.